The molecule has 1 heterocycles. The molecule has 0 saturated carbocycles. The molecule has 2 aromatic rings. The third-order valence-electron chi connectivity index (χ3n) is 2.48. The van der Waals surface area contributed by atoms with E-state index in [-0.39, 0.29) is 12.1 Å². The quantitative estimate of drug-likeness (QED) is 0.829. The molecular weight excluding hydrogens is 358 g/mol. The number of alkyl halides is 3. The maximum atomic E-state index is 12.8. The third kappa shape index (κ3) is 2.60. The van der Waals surface area contributed by atoms with Crippen LogP contribution in [-0.4, -0.2) is 9.78 Å². The Labute approximate surface area is 115 Å². The van der Waals surface area contributed by atoms with Gasteiger partial charge in [0, 0.05) is 0 Å². The van der Waals surface area contributed by atoms with E-state index in [1.54, 1.807) is 6.07 Å². The molecule has 0 spiro atoms. The van der Waals surface area contributed by atoms with Gasteiger partial charge in [0.05, 0.1) is 21.9 Å². The van der Waals surface area contributed by atoms with Gasteiger partial charge in [-0.1, -0.05) is 18.2 Å². The number of anilines is 1. The van der Waals surface area contributed by atoms with Crippen LogP contribution in [0.5, 0.6) is 0 Å². The summed E-state index contributed by atoms with van der Waals surface area (Å²) in [6, 6.07) is 5.41. The Balaban J connectivity index is 2.38. The summed E-state index contributed by atoms with van der Waals surface area (Å²) in [4.78, 5) is 0. The first-order chi connectivity index (χ1) is 8.39. The first kappa shape index (κ1) is 13.2. The molecule has 0 amide bonds. The number of nitrogen functional groups attached to an aromatic ring is 1. The zero-order chi connectivity index (χ0) is 13.3. The standard InChI is InChI=1S/C11H9F3IN3/c12-11(13,14)8-4-2-1-3-7(8)6-18-10(16)9(15)5-17-18/h1-5H,6,16H2. The number of aromatic nitrogens is 2. The van der Waals surface area contributed by atoms with E-state index in [2.05, 4.69) is 5.10 Å². The zero-order valence-electron chi connectivity index (χ0n) is 9.08. The minimum absolute atomic E-state index is 0.00448. The van der Waals surface area contributed by atoms with Crippen molar-refractivity contribution in [2.45, 2.75) is 12.7 Å². The smallest absolute Gasteiger partial charge is 0.383 e. The van der Waals surface area contributed by atoms with Crippen LogP contribution in [0.3, 0.4) is 0 Å². The van der Waals surface area contributed by atoms with Crippen molar-refractivity contribution in [3.8, 4) is 0 Å². The Morgan fingerprint density at radius 3 is 2.50 bits per heavy atom. The van der Waals surface area contributed by atoms with Crippen LogP contribution in [0, 0.1) is 3.57 Å². The van der Waals surface area contributed by atoms with Gasteiger partial charge in [-0.05, 0) is 34.2 Å². The zero-order valence-corrected chi connectivity index (χ0v) is 11.2. The molecule has 0 atom stereocenters. The van der Waals surface area contributed by atoms with Gasteiger partial charge in [0.15, 0.2) is 0 Å². The second kappa shape index (κ2) is 4.79. The van der Waals surface area contributed by atoms with E-state index in [1.165, 1.54) is 23.0 Å². The van der Waals surface area contributed by atoms with Crippen molar-refractivity contribution in [3.63, 3.8) is 0 Å². The van der Waals surface area contributed by atoms with Crippen LogP contribution in [0.25, 0.3) is 0 Å². The fourth-order valence-corrected chi connectivity index (χ4v) is 2.00. The van der Waals surface area contributed by atoms with Gasteiger partial charge in [-0.3, -0.25) is 0 Å². The van der Waals surface area contributed by atoms with Crippen LogP contribution < -0.4 is 5.73 Å². The van der Waals surface area contributed by atoms with Crippen molar-refractivity contribution in [1.29, 1.82) is 0 Å². The molecule has 2 rings (SSSR count). The molecule has 2 N–H and O–H groups in total. The van der Waals surface area contributed by atoms with Gasteiger partial charge < -0.3 is 5.73 Å². The summed E-state index contributed by atoms with van der Waals surface area (Å²) in [7, 11) is 0. The van der Waals surface area contributed by atoms with Gasteiger partial charge >= 0.3 is 6.18 Å². The molecule has 18 heavy (non-hydrogen) atoms. The molecule has 0 aliphatic heterocycles. The van der Waals surface area contributed by atoms with E-state index in [1.807, 2.05) is 22.6 Å². The maximum absolute atomic E-state index is 12.8. The molecule has 0 saturated heterocycles. The molecule has 96 valence electrons. The van der Waals surface area contributed by atoms with Crippen LogP contribution in [0.2, 0.25) is 0 Å². The van der Waals surface area contributed by atoms with Gasteiger partial charge in [-0.2, -0.15) is 18.3 Å². The van der Waals surface area contributed by atoms with E-state index >= 15 is 0 Å². The SMILES string of the molecule is Nc1c(I)cnn1Cc1ccccc1C(F)(F)F. The van der Waals surface area contributed by atoms with E-state index in [0.717, 1.165) is 9.64 Å². The van der Waals surface area contributed by atoms with Crippen LogP contribution >= 0.6 is 22.6 Å². The highest BCUT2D eigenvalue weighted by atomic mass is 127. The molecule has 0 aliphatic rings. The number of hydrogen-bond acceptors (Lipinski definition) is 2. The summed E-state index contributed by atoms with van der Waals surface area (Å²) in [5.41, 5.74) is 5.21. The number of hydrogen-bond donors (Lipinski definition) is 1. The number of benzene rings is 1. The Morgan fingerprint density at radius 1 is 1.28 bits per heavy atom. The van der Waals surface area contributed by atoms with Gasteiger partial charge in [-0.25, -0.2) is 4.68 Å². The lowest BCUT2D eigenvalue weighted by molar-refractivity contribution is -0.138. The molecule has 1 aromatic carbocycles. The van der Waals surface area contributed by atoms with Crippen molar-refractivity contribution in [1.82, 2.24) is 9.78 Å². The molecular formula is C11H9F3IN3. The molecule has 0 unspecified atom stereocenters. The number of nitrogens with zero attached hydrogens (tertiary/aromatic N) is 2. The predicted octanol–water partition coefficient (Wildman–Crippen LogP) is 3.14. The Bertz CT molecular complexity index is 563. The predicted molar refractivity (Wildman–Crippen MR) is 69.9 cm³/mol. The summed E-state index contributed by atoms with van der Waals surface area (Å²) in [5, 5.41) is 3.95. The van der Waals surface area contributed by atoms with Crippen molar-refractivity contribution in [2.75, 3.05) is 5.73 Å². The number of halogens is 4. The van der Waals surface area contributed by atoms with Crippen molar-refractivity contribution < 1.29 is 13.2 Å². The summed E-state index contributed by atoms with van der Waals surface area (Å²) in [6.07, 6.45) is -2.85. The second-order valence-corrected chi connectivity index (χ2v) is 4.85. The van der Waals surface area contributed by atoms with E-state index in [0.29, 0.717) is 5.82 Å². The van der Waals surface area contributed by atoms with Crippen molar-refractivity contribution in [2.24, 2.45) is 0 Å². The van der Waals surface area contributed by atoms with Crippen LogP contribution in [-0.2, 0) is 12.7 Å². The lowest BCUT2D eigenvalue weighted by atomic mass is 10.1. The largest absolute Gasteiger partial charge is 0.416 e. The third-order valence-corrected chi connectivity index (χ3v) is 3.31. The lowest BCUT2D eigenvalue weighted by Crippen LogP contribution is -2.13. The van der Waals surface area contributed by atoms with Gasteiger partial charge in [0.25, 0.3) is 0 Å². The molecule has 0 radical (unpaired) electrons. The fraction of sp³-hybridized carbons (Fsp3) is 0.182. The van der Waals surface area contributed by atoms with E-state index in [9.17, 15) is 13.2 Å². The molecule has 1 aromatic heterocycles. The highest BCUT2D eigenvalue weighted by Gasteiger charge is 2.33. The minimum atomic E-state index is -4.37. The van der Waals surface area contributed by atoms with Gasteiger partial charge in [-0.15, -0.1) is 0 Å². The summed E-state index contributed by atoms with van der Waals surface area (Å²) < 4.78 is 40.5. The Kier molecular flexibility index (Phi) is 3.51. The topological polar surface area (TPSA) is 43.8 Å². The average Bonchev–Trinajstić information content (AvgIpc) is 2.60. The summed E-state index contributed by atoms with van der Waals surface area (Å²) in [5.74, 6) is 0.368. The van der Waals surface area contributed by atoms with E-state index in [4.69, 9.17) is 5.73 Å². The molecule has 3 nitrogen and oxygen atoms in total. The Morgan fingerprint density at radius 2 is 1.94 bits per heavy atom. The summed E-state index contributed by atoms with van der Waals surface area (Å²) in [6.45, 7) is 0.00448. The number of nitrogens with two attached hydrogens (primary N) is 1. The normalized spacial score (nSPS) is 11.8. The number of rotatable bonds is 2. The first-order valence-electron chi connectivity index (χ1n) is 5.01. The van der Waals surface area contributed by atoms with E-state index < -0.39 is 11.7 Å². The molecule has 0 aliphatic carbocycles. The second-order valence-electron chi connectivity index (χ2n) is 3.69. The monoisotopic (exact) mass is 367 g/mol. The van der Waals surface area contributed by atoms with Gasteiger partial charge in [0.2, 0.25) is 0 Å². The minimum Gasteiger partial charge on any atom is -0.383 e. The highest BCUT2D eigenvalue weighted by Crippen LogP contribution is 2.32. The first-order valence-corrected chi connectivity index (χ1v) is 6.09. The molecule has 7 heteroatoms. The highest BCUT2D eigenvalue weighted by molar-refractivity contribution is 14.1. The van der Waals surface area contributed by atoms with Gasteiger partial charge in [0.1, 0.15) is 5.82 Å². The van der Waals surface area contributed by atoms with Crippen LogP contribution in [0.1, 0.15) is 11.1 Å². The summed E-state index contributed by atoms with van der Waals surface area (Å²) >= 11 is 1.98. The fourth-order valence-electron chi connectivity index (χ4n) is 1.59. The van der Waals surface area contributed by atoms with Crippen LogP contribution in [0.15, 0.2) is 30.5 Å². The molecule has 0 bridgehead atoms. The molecule has 0 fully saturated rings. The maximum Gasteiger partial charge on any atom is 0.416 e. The lowest BCUT2D eigenvalue weighted by Gasteiger charge is -2.13. The van der Waals surface area contributed by atoms with Crippen LogP contribution in [0.4, 0.5) is 19.0 Å². The average molecular weight is 367 g/mol. The van der Waals surface area contributed by atoms with Crippen molar-refractivity contribution in [3.05, 3.63) is 45.2 Å². The Hall–Kier alpha value is -1.25. The van der Waals surface area contributed by atoms with Crippen molar-refractivity contribution >= 4 is 28.4 Å².